The van der Waals surface area contributed by atoms with E-state index >= 15 is 0 Å². The average Bonchev–Trinajstić information content (AvgIpc) is 2.78. The van der Waals surface area contributed by atoms with Gasteiger partial charge in [0, 0.05) is 12.1 Å². The third-order valence-corrected chi connectivity index (χ3v) is 3.07. The molecule has 92 valence electrons. The van der Waals surface area contributed by atoms with Crippen molar-refractivity contribution >= 4 is 5.97 Å². The second-order valence-corrected chi connectivity index (χ2v) is 4.27. The van der Waals surface area contributed by atoms with Gasteiger partial charge < -0.3 is 9.84 Å². The molecule has 2 heterocycles. The molecule has 1 aromatic carbocycles. The van der Waals surface area contributed by atoms with Crippen molar-refractivity contribution < 1.29 is 14.6 Å². The van der Waals surface area contributed by atoms with Gasteiger partial charge in [-0.15, -0.1) is 0 Å². The van der Waals surface area contributed by atoms with Gasteiger partial charge in [0.1, 0.15) is 12.1 Å². The molecule has 5 heteroatoms. The smallest absolute Gasteiger partial charge is 0.357 e. The molecular weight excluding hydrogens is 232 g/mol. The summed E-state index contributed by atoms with van der Waals surface area (Å²) < 4.78 is 6.73. The molecule has 0 radical (unpaired) electrons. The van der Waals surface area contributed by atoms with Crippen LogP contribution in [0.15, 0.2) is 24.5 Å². The molecule has 0 spiro atoms. The first kappa shape index (κ1) is 10.8. The van der Waals surface area contributed by atoms with Gasteiger partial charge >= 0.3 is 5.97 Å². The molecule has 18 heavy (non-hydrogen) atoms. The van der Waals surface area contributed by atoms with Crippen LogP contribution in [0, 0.1) is 6.92 Å². The normalized spacial score (nSPS) is 14.2. The lowest BCUT2D eigenvalue weighted by molar-refractivity contribution is 0.0468. The number of aromatic nitrogens is 2. The summed E-state index contributed by atoms with van der Waals surface area (Å²) in [5.41, 5.74) is 2.78. The summed E-state index contributed by atoms with van der Waals surface area (Å²) in [7, 11) is 0. The maximum Gasteiger partial charge on any atom is 0.357 e. The summed E-state index contributed by atoms with van der Waals surface area (Å²) in [4.78, 5) is 16.0. The Bertz CT molecular complexity index is 631. The molecular formula is C13H12N2O3. The molecule has 0 bridgehead atoms. The van der Waals surface area contributed by atoms with E-state index in [0.29, 0.717) is 18.7 Å². The van der Waals surface area contributed by atoms with Gasteiger partial charge in [0.2, 0.25) is 0 Å². The van der Waals surface area contributed by atoms with Crippen LogP contribution in [0.4, 0.5) is 0 Å². The van der Waals surface area contributed by atoms with Gasteiger partial charge in [-0.2, -0.15) is 0 Å². The van der Waals surface area contributed by atoms with Crippen molar-refractivity contribution in [3.63, 3.8) is 0 Å². The van der Waals surface area contributed by atoms with Crippen molar-refractivity contribution in [1.29, 1.82) is 0 Å². The minimum Gasteiger partial charge on any atom is -0.508 e. The fraction of sp³-hybridized carbons (Fsp3) is 0.231. The fourth-order valence-electron chi connectivity index (χ4n) is 2.08. The van der Waals surface area contributed by atoms with Crippen molar-refractivity contribution in [2.75, 3.05) is 6.61 Å². The topological polar surface area (TPSA) is 64.4 Å². The number of phenols is 1. The Hall–Kier alpha value is -2.30. The Balaban J connectivity index is 2.15. The van der Waals surface area contributed by atoms with E-state index in [1.54, 1.807) is 36.0 Å². The van der Waals surface area contributed by atoms with E-state index in [1.807, 2.05) is 0 Å². The zero-order valence-electron chi connectivity index (χ0n) is 9.88. The number of ether oxygens (including phenoxy) is 1. The van der Waals surface area contributed by atoms with E-state index in [4.69, 9.17) is 4.74 Å². The molecule has 0 atom stereocenters. The fourth-order valence-corrected chi connectivity index (χ4v) is 2.08. The molecule has 1 aliphatic heterocycles. The number of benzene rings is 1. The first-order valence-corrected chi connectivity index (χ1v) is 5.70. The second-order valence-electron chi connectivity index (χ2n) is 4.27. The van der Waals surface area contributed by atoms with Crippen LogP contribution in [0.25, 0.3) is 5.69 Å². The zero-order chi connectivity index (χ0) is 12.7. The highest BCUT2D eigenvalue weighted by molar-refractivity contribution is 5.90. The number of phenolic OH excluding ortho intramolecular Hbond substituents is 1. The largest absolute Gasteiger partial charge is 0.508 e. The summed E-state index contributed by atoms with van der Waals surface area (Å²) in [6, 6.07) is 5.15. The first-order chi connectivity index (χ1) is 8.66. The lowest BCUT2D eigenvalue weighted by Gasteiger charge is -2.14. The number of aryl methyl sites for hydroxylation is 1. The third kappa shape index (κ3) is 1.55. The van der Waals surface area contributed by atoms with Crippen LogP contribution in [0.5, 0.6) is 5.75 Å². The SMILES string of the molecule is Cc1cc(-n2cnc3c2C(=O)OCC3)ccc1O. The lowest BCUT2D eigenvalue weighted by atomic mass is 10.1. The van der Waals surface area contributed by atoms with Crippen LogP contribution >= 0.6 is 0 Å². The van der Waals surface area contributed by atoms with Gasteiger partial charge in [0.15, 0.2) is 5.69 Å². The number of rotatable bonds is 1. The van der Waals surface area contributed by atoms with E-state index in [2.05, 4.69) is 4.98 Å². The predicted octanol–water partition coefficient (Wildman–Crippen LogP) is 1.60. The van der Waals surface area contributed by atoms with Gasteiger partial charge in [-0.1, -0.05) is 0 Å². The van der Waals surface area contributed by atoms with Crippen LogP contribution < -0.4 is 0 Å². The van der Waals surface area contributed by atoms with Crippen molar-refractivity contribution in [3.8, 4) is 11.4 Å². The Morgan fingerprint density at radius 2 is 2.28 bits per heavy atom. The van der Waals surface area contributed by atoms with Crippen LogP contribution in [0.3, 0.4) is 0 Å². The molecule has 0 fully saturated rings. The van der Waals surface area contributed by atoms with E-state index in [0.717, 1.165) is 16.9 Å². The Morgan fingerprint density at radius 3 is 3.06 bits per heavy atom. The highest BCUT2D eigenvalue weighted by atomic mass is 16.5. The zero-order valence-corrected chi connectivity index (χ0v) is 9.88. The Morgan fingerprint density at radius 1 is 1.44 bits per heavy atom. The quantitative estimate of drug-likeness (QED) is 0.774. The number of carbonyl (C=O) groups is 1. The third-order valence-electron chi connectivity index (χ3n) is 3.07. The number of fused-ring (bicyclic) bond motifs is 1. The van der Waals surface area contributed by atoms with Crippen LogP contribution in [0.1, 0.15) is 21.7 Å². The van der Waals surface area contributed by atoms with E-state index in [-0.39, 0.29) is 11.7 Å². The number of esters is 1. The monoisotopic (exact) mass is 244 g/mol. The number of hydrogen-bond donors (Lipinski definition) is 1. The van der Waals surface area contributed by atoms with Crippen LogP contribution in [-0.4, -0.2) is 27.2 Å². The van der Waals surface area contributed by atoms with Crippen molar-refractivity contribution in [1.82, 2.24) is 9.55 Å². The number of carbonyl (C=O) groups excluding carboxylic acids is 1. The Kier molecular flexibility index (Phi) is 2.33. The minimum atomic E-state index is -0.348. The summed E-state index contributed by atoms with van der Waals surface area (Å²) in [5, 5.41) is 9.52. The van der Waals surface area contributed by atoms with E-state index in [1.165, 1.54) is 0 Å². The van der Waals surface area contributed by atoms with E-state index < -0.39 is 0 Å². The maximum atomic E-state index is 11.8. The van der Waals surface area contributed by atoms with Crippen LogP contribution in [0.2, 0.25) is 0 Å². The molecule has 5 nitrogen and oxygen atoms in total. The van der Waals surface area contributed by atoms with Crippen LogP contribution in [-0.2, 0) is 11.2 Å². The lowest BCUT2D eigenvalue weighted by Crippen LogP contribution is -2.20. The minimum absolute atomic E-state index is 0.232. The molecule has 2 aromatic rings. The molecule has 0 saturated heterocycles. The predicted molar refractivity (Wildman–Crippen MR) is 64.0 cm³/mol. The van der Waals surface area contributed by atoms with E-state index in [9.17, 15) is 9.90 Å². The second kappa shape index (κ2) is 3.87. The van der Waals surface area contributed by atoms with Gasteiger partial charge in [0.05, 0.1) is 12.3 Å². The van der Waals surface area contributed by atoms with Gasteiger partial charge in [-0.25, -0.2) is 9.78 Å². The number of aromatic hydroxyl groups is 1. The number of cyclic esters (lactones) is 1. The number of nitrogens with zero attached hydrogens (tertiary/aromatic N) is 2. The average molecular weight is 244 g/mol. The highest BCUT2D eigenvalue weighted by Crippen LogP contribution is 2.23. The van der Waals surface area contributed by atoms with Crippen molar-refractivity contribution in [2.24, 2.45) is 0 Å². The molecule has 1 aliphatic rings. The molecule has 0 amide bonds. The summed E-state index contributed by atoms with van der Waals surface area (Å²) >= 11 is 0. The standard InChI is InChI=1S/C13H12N2O3/c1-8-6-9(2-3-11(8)16)15-7-14-10-4-5-18-13(17)12(10)15/h2-3,6-7,16H,4-5H2,1H3. The molecule has 1 N–H and O–H groups in total. The first-order valence-electron chi connectivity index (χ1n) is 5.70. The molecule has 0 aliphatic carbocycles. The molecule has 3 rings (SSSR count). The molecule has 1 aromatic heterocycles. The van der Waals surface area contributed by atoms with Gasteiger partial charge in [-0.3, -0.25) is 4.57 Å². The summed E-state index contributed by atoms with van der Waals surface area (Å²) in [6.07, 6.45) is 2.26. The molecule has 0 saturated carbocycles. The van der Waals surface area contributed by atoms with Crippen molar-refractivity contribution in [2.45, 2.75) is 13.3 Å². The molecule has 0 unspecified atom stereocenters. The summed E-state index contributed by atoms with van der Waals surface area (Å²) in [6.45, 7) is 2.19. The van der Waals surface area contributed by atoms with Gasteiger partial charge in [-0.05, 0) is 30.7 Å². The summed E-state index contributed by atoms with van der Waals surface area (Å²) in [5.74, 6) is -0.116. The Labute approximate surface area is 104 Å². The number of hydrogen-bond acceptors (Lipinski definition) is 4. The number of imidazole rings is 1. The van der Waals surface area contributed by atoms with Crippen molar-refractivity contribution in [3.05, 3.63) is 41.5 Å². The van der Waals surface area contributed by atoms with Gasteiger partial charge in [0.25, 0.3) is 0 Å². The maximum absolute atomic E-state index is 11.8. The highest BCUT2D eigenvalue weighted by Gasteiger charge is 2.25.